The van der Waals surface area contributed by atoms with Gasteiger partial charge in [0.2, 0.25) is 0 Å². The summed E-state index contributed by atoms with van der Waals surface area (Å²) in [5.41, 5.74) is 0. The molecule has 1 nitrogen and oxygen atoms in total. The first kappa shape index (κ1) is 10.5. The molecule has 0 aromatic carbocycles. The Labute approximate surface area is 65.3 Å². The Morgan fingerprint density at radius 2 is 1.80 bits per heavy atom. The quantitative estimate of drug-likeness (QED) is 0.564. The maximum absolute atomic E-state index is 11.4. The second kappa shape index (κ2) is 4.38. The molecule has 0 amide bonds. The van der Waals surface area contributed by atoms with Crippen molar-refractivity contribution in [2.24, 2.45) is 0 Å². The summed E-state index contributed by atoms with van der Waals surface area (Å²) < 4.78 is 38.9. The van der Waals surface area contributed by atoms with E-state index in [2.05, 4.69) is 4.74 Å². The van der Waals surface area contributed by atoms with Crippen LogP contribution in [0.25, 0.3) is 0 Å². The van der Waals surface area contributed by atoms with Crippen molar-refractivity contribution in [3.05, 3.63) is 0 Å². The first-order valence-corrected chi connectivity index (χ1v) is 8.36. The molecule has 64 valence electrons. The van der Waals surface area contributed by atoms with Crippen molar-refractivity contribution in [1.29, 1.82) is 0 Å². The van der Waals surface area contributed by atoms with E-state index in [1.807, 2.05) is 9.86 Å². The molecule has 0 rings (SSSR count). The molecule has 0 aliphatic carbocycles. The first-order chi connectivity index (χ1) is 4.42. The molecule has 10 heavy (non-hydrogen) atoms. The molecule has 0 fully saturated rings. The van der Waals surface area contributed by atoms with Crippen molar-refractivity contribution in [3.63, 3.8) is 0 Å². The molecule has 0 radical (unpaired) electrons. The van der Waals surface area contributed by atoms with Crippen LogP contribution in [0.3, 0.4) is 0 Å². The van der Waals surface area contributed by atoms with Crippen molar-refractivity contribution >= 4 is 19.8 Å². The van der Waals surface area contributed by atoms with Crippen molar-refractivity contribution in [2.75, 3.05) is 21.1 Å². The van der Waals surface area contributed by atoms with Gasteiger partial charge in [0.25, 0.3) is 0 Å². The summed E-state index contributed by atoms with van der Waals surface area (Å²) in [6.07, 6.45) is -4.16. The number of halogens is 4. The van der Waals surface area contributed by atoms with E-state index in [1.54, 1.807) is 0 Å². The van der Waals surface area contributed by atoms with Crippen LogP contribution < -0.4 is 0 Å². The van der Waals surface area contributed by atoms with Gasteiger partial charge in [-0.25, -0.2) is 0 Å². The molecule has 0 aromatic rings. The second-order valence-corrected chi connectivity index (χ2v) is 7.82. The summed E-state index contributed by atoms with van der Waals surface area (Å²) in [5.74, 6) is 0. The Hall–Kier alpha value is 0.480. The van der Waals surface area contributed by atoms with Crippen LogP contribution in [0.5, 0.6) is 0 Å². The predicted octanol–water partition coefficient (Wildman–Crippen LogP) is 2.29. The van der Waals surface area contributed by atoms with Gasteiger partial charge in [0, 0.05) is 0 Å². The van der Waals surface area contributed by atoms with Gasteiger partial charge < -0.3 is 0 Å². The fourth-order valence-corrected chi connectivity index (χ4v) is 1.41. The third-order valence-corrected chi connectivity index (χ3v) is 2.25. The third-order valence-electron chi connectivity index (χ3n) is 0.561. The minimum atomic E-state index is -4.16. The maximum atomic E-state index is 11.4. The van der Waals surface area contributed by atoms with Crippen molar-refractivity contribution in [3.8, 4) is 0 Å². The summed E-state index contributed by atoms with van der Waals surface area (Å²) in [6.45, 7) is -1.09. The molecule has 0 spiro atoms. The molecule has 0 saturated heterocycles. The molecule has 0 heterocycles. The number of rotatable bonds is 3. The van der Waals surface area contributed by atoms with E-state index in [-0.39, 0.29) is 0 Å². The van der Waals surface area contributed by atoms with Crippen LogP contribution >= 0.6 is 19.8 Å². The van der Waals surface area contributed by atoms with Gasteiger partial charge in [0.15, 0.2) is 0 Å². The Kier molecular flexibility index (Phi) is 4.59. The van der Waals surface area contributed by atoms with Crippen LogP contribution in [-0.2, 0) is 4.74 Å². The van der Waals surface area contributed by atoms with E-state index in [9.17, 15) is 13.2 Å². The minimum absolute atomic E-state index is 0.323. The van der Waals surface area contributed by atoms with E-state index < -0.39 is 32.6 Å². The normalized spacial score (nSPS) is 13.5. The molecule has 0 saturated carbocycles. The summed E-state index contributed by atoms with van der Waals surface area (Å²) in [5, 5.41) is 0. The fraction of sp³-hybridized carbons (Fsp3) is 1.00. The molecule has 0 aromatic heterocycles. The Balaban J connectivity index is 3.21. The molecular formula is C5H10F3IO. The van der Waals surface area contributed by atoms with Gasteiger partial charge in [0.05, 0.1) is 0 Å². The molecule has 0 bridgehead atoms. The summed E-state index contributed by atoms with van der Waals surface area (Å²) in [6, 6.07) is 0. The van der Waals surface area contributed by atoms with E-state index in [1.165, 1.54) is 0 Å². The zero-order chi connectivity index (χ0) is 8.20. The second-order valence-electron chi connectivity index (χ2n) is 1.99. The molecule has 0 atom stereocenters. The summed E-state index contributed by atoms with van der Waals surface area (Å²) in [4.78, 5) is 3.92. The summed E-state index contributed by atoms with van der Waals surface area (Å²) >= 11 is -1.13. The van der Waals surface area contributed by atoms with E-state index in [0.29, 0.717) is 4.61 Å². The van der Waals surface area contributed by atoms with E-state index in [4.69, 9.17) is 0 Å². The fourth-order valence-electron chi connectivity index (χ4n) is 0.309. The number of hydrogen-bond donors (Lipinski definition) is 0. The average molecular weight is 270 g/mol. The van der Waals surface area contributed by atoms with E-state index >= 15 is 0 Å². The Morgan fingerprint density at radius 1 is 1.30 bits per heavy atom. The van der Waals surface area contributed by atoms with Crippen LogP contribution in [0.4, 0.5) is 13.2 Å². The van der Waals surface area contributed by atoms with Crippen molar-refractivity contribution < 1.29 is 17.9 Å². The zero-order valence-corrected chi connectivity index (χ0v) is 7.99. The third kappa shape index (κ3) is 8.48. The number of hydrogen-bond acceptors (Lipinski definition) is 1. The van der Waals surface area contributed by atoms with Crippen molar-refractivity contribution in [1.82, 2.24) is 0 Å². The van der Waals surface area contributed by atoms with Gasteiger partial charge in [-0.05, 0) is 0 Å². The Morgan fingerprint density at radius 3 is 2.10 bits per heavy atom. The standard InChI is InChI=1S/C5H10F3IO/c1-9(2)4-10-3-5(6,7)8/h3-4H2,1-2H3. The number of alkyl halides is 6. The molecular weight excluding hydrogens is 260 g/mol. The molecule has 0 aliphatic heterocycles. The van der Waals surface area contributed by atoms with Crippen LogP contribution in [0.15, 0.2) is 0 Å². The molecule has 0 N–H and O–H groups in total. The van der Waals surface area contributed by atoms with Crippen LogP contribution in [-0.4, -0.2) is 27.3 Å². The predicted molar refractivity (Wildman–Crippen MR) is 42.7 cm³/mol. The van der Waals surface area contributed by atoms with Crippen molar-refractivity contribution in [2.45, 2.75) is 6.18 Å². The van der Waals surface area contributed by atoms with Gasteiger partial charge in [-0.2, -0.15) is 0 Å². The molecule has 0 unspecified atom stereocenters. The first-order valence-electron chi connectivity index (χ1n) is 2.52. The van der Waals surface area contributed by atoms with Gasteiger partial charge in [-0.1, -0.05) is 0 Å². The van der Waals surface area contributed by atoms with Gasteiger partial charge >= 0.3 is 65.0 Å². The van der Waals surface area contributed by atoms with Gasteiger partial charge in [-0.3, -0.25) is 0 Å². The van der Waals surface area contributed by atoms with Gasteiger partial charge in [-0.15, -0.1) is 0 Å². The Bertz CT molecular complexity index is 91.4. The van der Waals surface area contributed by atoms with E-state index in [0.717, 1.165) is 0 Å². The SMILES string of the molecule is CI(C)COCC(F)(F)F. The zero-order valence-electron chi connectivity index (χ0n) is 5.83. The van der Waals surface area contributed by atoms with Gasteiger partial charge in [0.1, 0.15) is 0 Å². The summed E-state index contributed by atoms with van der Waals surface area (Å²) in [7, 11) is 0. The average Bonchev–Trinajstić information content (AvgIpc) is 1.59. The number of ether oxygens (including phenoxy) is 1. The molecule has 0 aliphatic rings. The van der Waals surface area contributed by atoms with Crippen LogP contribution in [0.2, 0.25) is 0 Å². The molecule has 5 heteroatoms. The topological polar surface area (TPSA) is 9.23 Å². The van der Waals surface area contributed by atoms with Crippen LogP contribution in [0.1, 0.15) is 0 Å². The monoisotopic (exact) mass is 270 g/mol. The van der Waals surface area contributed by atoms with Crippen LogP contribution in [0, 0.1) is 0 Å².